The highest BCUT2D eigenvalue weighted by atomic mass is 35.5. The van der Waals surface area contributed by atoms with E-state index in [9.17, 15) is 13.2 Å². The van der Waals surface area contributed by atoms with Crippen molar-refractivity contribution in [2.45, 2.75) is 29.9 Å². The number of benzene rings is 1. The average molecular weight is 482 g/mol. The number of hydrogen-bond acceptors (Lipinski definition) is 5. The Kier molecular flexibility index (Phi) is 6.03. The van der Waals surface area contributed by atoms with E-state index in [1.54, 1.807) is 18.2 Å². The molecule has 31 heavy (non-hydrogen) atoms. The molecule has 0 spiro atoms. The molecule has 1 saturated carbocycles. The first-order valence-electron chi connectivity index (χ1n) is 11.1. The summed E-state index contributed by atoms with van der Waals surface area (Å²) in [5, 5.41) is 4.94. The zero-order chi connectivity index (χ0) is 21.6. The number of amides is 1. The van der Waals surface area contributed by atoms with Crippen LogP contribution in [-0.2, 0) is 14.8 Å². The highest BCUT2D eigenvalue weighted by molar-refractivity contribution is 7.91. The number of piperazine rings is 1. The summed E-state index contributed by atoms with van der Waals surface area (Å²) in [6, 6.07) is 7.04. The van der Waals surface area contributed by atoms with Crippen LogP contribution in [0.1, 0.15) is 25.7 Å². The number of carbonyl (C=O) groups is 1. The fourth-order valence-corrected chi connectivity index (χ4v) is 8.63. The maximum Gasteiger partial charge on any atom is 0.253 e. The van der Waals surface area contributed by atoms with E-state index in [1.165, 1.54) is 41.3 Å². The number of hydrogen-bond donors (Lipinski definition) is 1. The van der Waals surface area contributed by atoms with Gasteiger partial charge in [-0.05, 0) is 80.1 Å². The smallest absolute Gasteiger partial charge is 0.253 e. The molecule has 1 amide bonds. The van der Waals surface area contributed by atoms with Crippen LogP contribution in [0.25, 0.3) is 10.1 Å². The summed E-state index contributed by atoms with van der Waals surface area (Å²) in [6.45, 7) is 3.77. The van der Waals surface area contributed by atoms with Gasteiger partial charge >= 0.3 is 0 Å². The molecular formula is C22H28ClN3O3S2. The quantitative estimate of drug-likeness (QED) is 0.726. The van der Waals surface area contributed by atoms with Crippen molar-refractivity contribution in [1.82, 2.24) is 14.5 Å². The number of carbonyl (C=O) groups excluding carboxylic acids is 1. The third kappa shape index (κ3) is 4.37. The molecule has 5 rings (SSSR count). The van der Waals surface area contributed by atoms with E-state index < -0.39 is 10.0 Å². The Labute approximate surface area is 192 Å². The Morgan fingerprint density at radius 2 is 2.00 bits per heavy atom. The molecule has 2 aliphatic heterocycles. The van der Waals surface area contributed by atoms with Crippen LogP contribution in [0.3, 0.4) is 0 Å². The van der Waals surface area contributed by atoms with E-state index in [4.69, 9.17) is 11.6 Å². The van der Waals surface area contributed by atoms with Crippen LogP contribution >= 0.6 is 22.9 Å². The van der Waals surface area contributed by atoms with Gasteiger partial charge in [0.1, 0.15) is 4.21 Å². The molecule has 3 atom stereocenters. The van der Waals surface area contributed by atoms with E-state index in [0.29, 0.717) is 24.0 Å². The minimum Gasteiger partial charge on any atom is -0.340 e. The maximum absolute atomic E-state index is 13.2. The van der Waals surface area contributed by atoms with E-state index in [1.807, 2.05) is 11.0 Å². The highest BCUT2D eigenvalue weighted by Crippen LogP contribution is 2.38. The number of thiophene rings is 1. The van der Waals surface area contributed by atoms with Crippen molar-refractivity contribution in [1.29, 1.82) is 0 Å². The highest BCUT2D eigenvalue weighted by Gasteiger charge is 2.37. The van der Waals surface area contributed by atoms with Gasteiger partial charge in [0.05, 0.1) is 6.54 Å². The molecule has 3 unspecified atom stereocenters. The summed E-state index contributed by atoms with van der Waals surface area (Å²) in [5.41, 5.74) is 0. The predicted octanol–water partition coefficient (Wildman–Crippen LogP) is 3.41. The van der Waals surface area contributed by atoms with Crippen molar-refractivity contribution in [2.24, 2.45) is 17.8 Å². The standard InChI is InChI=1S/C22H28ClN3O3S2/c23-19-4-3-17-10-22(30-20(17)11-19)31(28,29)26-8-7-25(21(27)14-26)13-15-1-2-18-12-24-6-5-16(18)9-15/h3-4,10-11,15-16,18,24H,1-2,5-9,12-14H2. The molecule has 6 nitrogen and oxygen atoms in total. The van der Waals surface area contributed by atoms with Gasteiger partial charge in [0.15, 0.2) is 0 Å². The first-order chi connectivity index (χ1) is 14.9. The lowest BCUT2D eigenvalue weighted by molar-refractivity contribution is -0.135. The molecule has 9 heteroatoms. The normalized spacial score (nSPS) is 28.1. The summed E-state index contributed by atoms with van der Waals surface area (Å²) in [7, 11) is -3.69. The van der Waals surface area contributed by atoms with Crippen LogP contribution in [0.2, 0.25) is 5.02 Å². The lowest BCUT2D eigenvalue weighted by atomic mass is 9.71. The Morgan fingerprint density at radius 1 is 1.13 bits per heavy atom. The Bertz CT molecular complexity index is 1090. The van der Waals surface area contributed by atoms with Crippen molar-refractivity contribution < 1.29 is 13.2 Å². The summed E-state index contributed by atoms with van der Waals surface area (Å²) < 4.78 is 28.8. The number of nitrogens with one attached hydrogen (secondary N) is 1. The first-order valence-corrected chi connectivity index (χ1v) is 13.7. The zero-order valence-electron chi connectivity index (χ0n) is 17.4. The third-order valence-corrected chi connectivity index (χ3v) is 10.8. The van der Waals surface area contributed by atoms with Gasteiger partial charge in [-0.2, -0.15) is 4.31 Å². The molecule has 3 fully saturated rings. The van der Waals surface area contributed by atoms with Crippen molar-refractivity contribution in [2.75, 3.05) is 39.3 Å². The summed E-state index contributed by atoms with van der Waals surface area (Å²) in [6.07, 6.45) is 4.84. The van der Waals surface area contributed by atoms with Gasteiger partial charge in [0, 0.05) is 29.4 Å². The van der Waals surface area contributed by atoms with E-state index >= 15 is 0 Å². The summed E-state index contributed by atoms with van der Waals surface area (Å²) in [4.78, 5) is 14.7. The fraction of sp³-hybridized carbons (Fsp3) is 0.591. The van der Waals surface area contributed by atoms with Gasteiger partial charge in [0.2, 0.25) is 5.91 Å². The minimum absolute atomic E-state index is 0.0694. The molecular weight excluding hydrogens is 454 g/mol. The molecule has 0 bridgehead atoms. The van der Waals surface area contributed by atoms with Crippen LogP contribution in [0.4, 0.5) is 0 Å². The van der Waals surface area contributed by atoms with Gasteiger partial charge in [0.25, 0.3) is 10.0 Å². The van der Waals surface area contributed by atoms with Crippen molar-refractivity contribution >= 4 is 49.0 Å². The monoisotopic (exact) mass is 481 g/mol. The molecule has 2 saturated heterocycles. The van der Waals surface area contributed by atoms with Crippen LogP contribution < -0.4 is 5.32 Å². The molecule has 0 radical (unpaired) electrons. The minimum atomic E-state index is -3.69. The fourth-order valence-electron chi connectivity index (χ4n) is 5.42. The topological polar surface area (TPSA) is 69.7 Å². The number of halogens is 1. The van der Waals surface area contributed by atoms with E-state index in [2.05, 4.69) is 5.32 Å². The van der Waals surface area contributed by atoms with E-state index in [-0.39, 0.29) is 16.7 Å². The number of piperidine rings is 1. The second kappa shape index (κ2) is 8.63. The number of rotatable bonds is 4. The Balaban J connectivity index is 1.23. The third-order valence-electron chi connectivity index (χ3n) is 7.16. The molecule has 2 aromatic rings. The molecule has 3 heterocycles. The van der Waals surface area contributed by atoms with Crippen molar-refractivity contribution in [3.05, 3.63) is 29.3 Å². The van der Waals surface area contributed by atoms with Crippen molar-refractivity contribution in [3.8, 4) is 0 Å². The molecule has 3 aliphatic rings. The van der Waals surface area contributed by atoms with Crippen LogP contribution in [-0.4, -0.2) is 62.8 Å². The second-order valence-corrected chi connectivity index (χ2v) is 12.8. The van der Waals surface area contributed by atoms with Crippen molar-refractivity contribution in [3.63, 3.8) is 0 Å². The predicted molar refractivity (Wildman–Crippen MR) is 124 cm³/mol. The number of fused-ring (bicyclic) bond motifs is 2. The average Bonchev–Trinajstić information content (AvgIpc) is 3.19. The Hall–Kier alpha value is -1.19. The van der Waals surface area contributed by atoms with Crippen LogP contribution in [0.15, 0.2) is 28.5 Å². The lowest BCUT2D eigenvalue weighted by Crippen LogP contribution is -2.53. The van der Waals surface area contributed by atoms with Crippen LogP contribution in [0.5, 0.6) is 0 Å². The molecule has 1 N–H and O–H groups in total. The van der Waals surface area contributed by atoms with Gasteiger partial charge in [-0.3, -0.25) is 4.79 Å². The number of sulfonamides is 1. The van der Waals surface area contributed by atoms with Gasteiger partial charge < -0.3 is 10.2 Å². The maximum atomic E-state index is 13.2. The summed E-state index contributed by atoms with van der Waals surface area (Å²) >= 11 is 7.25. The van der Waals surface area contributed by atoms with Gasteiger partial charge in [-0.15, -0.1) is 11.3 Å². The lowest BCUT2D eigenvalue weighted by Gasteiger charge is -2.42. The molecule has 1 aliphatic carbocycles. The molecule has 1 aromatic carbocycles. The zero-order valence-corrected chi connectivity index (χ0v) is 19.8. The largest absolute Gasteiger partial charge is 0.340 e. The van der Waals surface area contributed by atoms with Gasteiger partial charge in [-0.25, -0.2) is 8.42 Å². The Morgan fingerprint density at radius 3 is 2.84 bits per heavy atom. The van der Waals surface area contributed by atoms with Crippen LogP contribution in [0, 0.1) is 17.8 Å². The molecule has 1 aromatic heterocycles. The number of nitrogens with zero attached hydrogens (tertiary/aromatic N) is 2. The van der Waals surface area contributed by atoms with E-state index in [0.717, 1.165) is 41.6 Å². The first kappa shape index (κ1) is 21.6. The second-order valence-electron chi connectivity index (χ2n) is 9.12. The van der Waals surface area contributed by atoms with Gasteiger partial charge in [-0.1, -0.05) is 17.7 Å². The SMILES string of the molecule is O=C1CN(S(=O)(=O)c2cc3ccc(Cl)cc3s2)CCN1CC1CCC2CNCCC2C1. The molecule has 168 valence electrons. The summed E-state index contributed by atoms with van der Waals surface area (Å²) in [5.74, 6) is 2.03.